The number of likely N-dealkylation sites (tertiary alicyclic amines) is 1. The van der Waals surface area contributed by atoms with Crippen LogP contribution in [0, 0.1) is 5.92 Å². The summed E-state index contributed by atoms with van der Waals surface area (Å²) in [6.07, 6.45) is 3.37. The van der Waals surface area contributed by atoms with Crippen LogP contribution in [0.25, 0.3) is 0 Å². The van der Waals surface area contributed by atoms with Gasteiger partial charge in [0.05, 0.1) is 11.9 Å². The summed E-state index contributed by atoms with van der Waals surface area (Å²) in [7, 11) is 0. The van der Waals surface area contributed by atoms with Gasteiger partial charge in [-0.05, 0) is 37.8 Å². The molecule has 6 heteroatoms. The van der Waals surface area contributed by atoms with E-state index in [2.05, 4.69) is 17.2 Å². The highest BCUT2D eigenvalue weighted by Gasteiger charge is 2.26. The maximum atomic E-state index is 12.2. The van der Waals surface area contributed by atoms with E-state index in [4.69, 9.17) is 5.11 Å². The van der Waals surface area contributed by atoms with Gasteiger partial charge in [0.15, 0.2) is 0 Å². The molecule has 108 valence electrons. The standard InChI is InChI=1S/C14H19N3O3/c1-9-5-6-17(10(2)7-9)14(20)16-11-3-4-12(13(18)19)15-8-11/h3-4,8-10H,5-7H2,1-2H3,(H,16,20)(H,18,19). The first-order valence-corrected chi connectivity index (χ1v) is 6.74. The van der Waals surface area contributed by atoms with E-state index in [0.29, 0.717) is 11.6 Å². The van der Waals surface area contributed by atoms with E-state index in [-0.39, 0.29) is 17.8 Å². The van der Waals surface area contributed by atoms with Gasteiger partial charge in [-0.25, -0.2) is 14.6 Å². The molecule has 1 fully saturated rings. The molecule has 2 N–H and O–H groups in total. The molecule has 2 unspecified atom stereocenters. The molecule has 0 radical (unpaired) electrons. The summed E-state index contributed by atoms with van der Waals surface area (Å²) >= 11 is 0. The first-order valence-electron chi connectivity index (χ1n) is 6.74. The third-order valence-corrected chi connectivity index (χ3v) is 3.63. The maximum Gasteiger partial charge on any atom is 0.354 e. The van der Waals surface area contributed by atoms with Gasteiger partial charge < -0.3 is 15.3 Å². The molecular weight excluding hydrogens is 258 g/mol. The summed E-state index contributed by atoms with van der Waals surface area (Å²) in [5.41, 5.74) is 0.467. The number of hydrogen-bond acceptors (Lipinski definition) is 3. The van der Waals surface area contributed by atoms with Gasteiger partial charge in [-0.15, -0.1) is 0 Å². The number of amides is 2. The number of aromatic nitrogens is 1. The number of anilines is 1. The number of pyridine rings is 1. The van der Waals surface area contributed by atoms with Gasteiger partial charge in [-0.1, -0.05) is 6.92 Å². The number of carboxylic acid groups (broad SMARTS) is 1. The van der Waals surface area contributed by atoms with E-state index in [0.717, 1.165) is 19.4 Å². The molecule has 1 aliphatic heterocycles. The number of piperidine rings is 1. The summed E-state index contributed by atoms with van der Waals surface area (Å²) in [6.45, 7) is 4.98. The van der Waals surface area contributed by atoms with Crippen LogP contribution in [0.5, 0.6) is 0 Å². The second-order valence-corrected chi connectivity index (χ2v) is 5.34. The number of aromatic carboxylic acids is 1. The van der Waals surface area contributed by atoms with Crippen molar-refractivity contribution in [1.82, 2.24) is 9.88 Å². The summed E-state index contributed by atoms with van der Waals surface area (Å²) in [5, 5.41) is 11.5. The number of nitrogens with zero attached hydrogens (tertiary/aromatic N) is 2. The van der Waals surface area contributed by atoms with E-state index in [1.807, 2.05) is 11.8 Å². The van der Waals surface area contributed by atoms with Crippen molar-refractivity contribution >= 4 is 17.7 Å². The highest BCUT2D eigenvalue weighted by Crippen LogP contribution is 2.22. The molecule has 0 aliphatic carbocycles. The van der Waals surface area contributed by atoms with Crippen molar-refractivity contribution in [2.75, 3.05) is 11.9 Å². The second-order valence-electron chi connectivity index (χ2n) is 5.34. The molecule has 20 heavy (non-hydrogen) atoms. The van der Waals surface area contributed by atoms with Crippen molar-refractivity contribution in [1.29, 1.82) is 0 Å². The lowest BCUT2D eigenvalue weighted by molar-refractivity contribution is 0.0690. The number of carbonyl (C=O) groups is 2. The molecule has 0 saturated carbocycles. The zero-order valence-electron chi connectivity index (χ0n) is 11.7. The number of rotatable bonds is 2. The molecule has 0 bridgehead atoms. The van der Waals surface area contributed by atoms with E-state index in [9.17, 15) is 9.59 Å². The molecule has 1 saturated heterocycles. The summed E-state index contributed by atoms with van der Waals surface area (Å²) < 4.78 is 0. The molecular formula is C14H19N3O3. The average molecular weight is 277 g/mol. The van der Waals surface area contributed by atoms with Gasteiger partial charge in [-0.2, -0.15) is 0 Å². The Balaban J connectivity index is 1.99. The maximum absolute atomic E-state index is 12.2. The van der Waals surface area contributed by atoms with E-state index >= 15 is 0 Å². The largest absolute Gasteiger partial charge is 0.477 e. The van der Waals surface area contributed by atoms with Gasteiger partial charge in [0.1, 0.15) is 5.69 Å². The van der Waals surface area contributed by atoms with Crippen molar-refractivity contribution in [2.24, 2.45) is 5.92 Å². The fourth-order valence-corrected chi connectivity index (χ4v) is 2.50. The lowest BCUT2D eigenvalue weighted by Crippen LogP contribution is -2.46. The van der Waals surface area contributed by atoms with Crippen LogP contribution in [0.1, 0.15) is 37.2 Å². The number of carboxylic acids is 1. The third kappa shape index (κ3) is 3.26. The topological polar surface area (TPSA) is 82.5 Å². The Morgan fingerprint density at radius 3 is 2.70 bits per heavy atom. The van der Waals surface area contributed by atoms with Crippen LogP contribution in [0.3, 0.4) is 0 Å². The van der Waals surface area contributed by atoms with Crippen LogP contribution < -0.4 is 5.32 Å². The first-order chi connectivity index (χ1) is 9.47. The fourth-order valence-electron chi connectivity index (χ4n) is 2.50. The zero-order valence-corrected chi connectivity index (χ0v) is 11.7. The molecule has 1 aromatic rings. The minimum Gasteiger partial charge on any atom is -0.477 e. The van der Waals surface area contributed by atoms with Crippen LogP contribution in [-0.2, 0) is 0 Å². The predicted molar refractivity (Wildman–Crippen MR) is 74.8 cm³/mol. The predicted octanol–water partition coefficient (Wildman–Crippen LogP) is 2.43. The quantitative estimate of drug-likeness (QED) is 0.869. The van der Waals surface area contributed by atoms with Gasteiger partial charge in [0.25, 0.3) is 0 Å². The van der Waals surface area contributed by atoms with E-state index in [1.165, 1.54) is 12.3 Å². The molecule has 2 amide bonds. The summed E-state index contributed by atoms with van der Waals surface area (Å²) in [5.74, 6) is -0.438. The number of nitrogens with one attached hydrogen (secondary N) is 1. The van der Waals surface area contributed by atoms with Crippen molar-refractivity contribution in [2.45, 2.75) is 32.7 Å². The van der Waals surface area contributed by atoms with Crippen LogP contribution in [-0.4, -0.2) is 39.6 Å². The van der Waals surface area contributed by atoms with Crippen LogP contribution >= 0.6 is 0 Å². The molecule has 1 aromatic heterocycles. The summed E-state index contributed by atoms with van der Waals surface area (Å²) in [6, 6.07) is 2.98. The van der Waals surface area contributed by atoms with Crippen molar-refractivity contribution < 1.29 is 14.7 Å². The molecule has 1 aliphatic rings. The van der Waals surface area contributed by atoms with Gasteiger partial charge >= 0.3 is 12.0 Å². The fraction of sp³-hybridized carbons (Fsp3) is 0.500. The Labute approximate surface area is 117 Å². The molecule has 6 nitrogen and oxygen atoms in total. The van der Waals surface area contributed by atoms with Crippen molar-refractivity contribution in [3.63, 3.8) is 0 Å². The molecule has 0 spiro atoms. The monoisotopic (exact) mass is 277 g/mol. The van der Waals surface area contributed by atoms with Crippen LogP contribution in [0.4, 0.5) is 10.5 Å². The van der Waals surface area contributed by atoms with Gasteiger partial charge in [-0.3, -0.25) is 0 Å². The highest BCUT2D eigenvalue weighted by molar-refractivity contribution is 5.90. The zero-order chi connectivity index (χ0) is 14.7. The summed E-state index contributed by atoms with van der Waals surface area (Å²) in [4.78, 5) is 28.5. The lowest BCUT2D eigenvalue weighted by atomic mass is 9.94. The molecule has 2 atom stereocenters. The van der Waals surface area contributed by atoms with Crippen LogP contribution in [0.15, 0.2) is 18.3 Å². The molecule has 2 heterocycles. The Bertz CT molecular complexity index is 501. The van der Waals surface area contributed by atoms with Crippen molar-refractivity contribution in [3.8, 4) is 0 Å². The first kappa shape index (κ1) is 14.3. The lowest BCUT2D eigenvalue weighted by Gasteiger charge is -2.36. The normalized spacial score (nSPS) is 22.4. The smallest absolute Gasteiger partial charge is 0.354 e. The Hall–Kier alpha value is -2.11. The molecule has 0 aromatic carbocycles. The van der Waals surface area contributed by atoms with E-state index < -0.39 is 5.97 Å². The minimum absolute atomic E-state index is 0.0387. The Kier molecular flexibility index (Phi) is 4.22. The average Bonchev–Trinajstić information content (AvgIpc) is 2.39. The second kappa shape index (κ2) is 5.90. The SMILES string of the molecule is CC1CCN(C(=O)Nc2ccc(C(=O)O)nc2)C(C)C1. The number of urea groups is 1. The Morgan fingerprint density at radius 1 is 1.40 bits per heavy atom. The molecule has 2 rings (SSSR count). The highest BCUT2D eigenvalue weighted by atomic mass is 16.4. The number of hydrogen-bond donors (Lipinski definition) is 2. The Morgan fingerprint density at radius 2 is 2.15 bits per heavy atom. The minimum atomic E-state index is -1.08. The van der Waals surface area contributed by atoms with E-state index in [1.54, 1.807) is 6.07 Å². The van der Waals surface area contributed by atoms with Gasteiger partial charge in [0.2, 0.25) is 0 Å². The van der Waals surface area contributed by atoms with Crippen molar-refractivity contribution in [3.05, 3.63) is 24.0 Å². The third-order valence-electron chi connectivity index (χ3n) is 3.63. The van der Waals surface area contributed by atoms with Gasteiger partial charge in [0, 0.05) is 12.6 Å². The number of carbonyl (C=O) groups excluding carboxylic acids is 1. The van der Waals surface area contributed by atoms with Crippen LogP contribution in [0.2, 0.25) is 0 Å².